The van der Waals surface area contributed by atoms with E-state index in [9.17, 15) is 8.42 Å². The van der Waals surface area contributed by atoms with Gasteiger partial charge in [-0.15, -0.1) is 0 Å². The average molecular weight is 243 g/mol. The molecule has 0 fully saturated rings. The van der Waals surface area contributed by atoms with Crippen molar-refractivity contribution < 1.29 is 8.42 Å². The molecule has 0 spiro atoms. The van der Waals surface area contributed by atoms with Crippen molar-refractivity contribution in [3.8, 4) is 0 Å². The number of nitrogen functional groups attached to an aromatic ring is 1. The highest BCUT2D eigenvalue weighted by atomic mass is 32.2. The summed E-state index contributed by atoms with van der Waals surface area (Å²) in [5.41, 5.74) is 7.32. The van der Waals surface area contributed by atoms with E-state index in [1.165, 1.54) is 0 Å². The Bertz CT molecular complexity index is 523. The summed E-state index contributed by atoms with van der Waals surface area (Å²) in [6, 6.07) is 0. The Morgan fingerprint density at radius 1 is 1.38 bits per heavy atom. The van der Waals surface area contributed by atoms with Crippen LogP contribution >= 0.6 is 0 Å². The highest BCUT2D eigenvalue weighted by molar-refractivity contribution is 7.90. The summed E-state index contributed by atoms with van der Waals surface area (Å²) in [7, 11) is -2.98. The molecule has 90 valence electrons. The molecule has 1 aromatic heterocycles. The van der Waals surface area contributed by atoms with Crippen molar-refractivity contribution in [2.45, 2.75) is 38.5 Å². The summed E-state index contributed by atoms with van der Waals surface area (Å²) in [5.74, 6) is 0.813. The zero-order valence-corrected chi connectivity index (χ0v) is 10.6. The van der Waals surface area contributed by atoms with Crippen molar-refractivity contribution in [1.29, 1.82) is 0 Å². The monoisotopic (exact) mass is 243 g/mol. The van der Waals surface area contributed by atoms with E-state index >= 15 is 0 Å². The van der Waals surface area contributed by atoms with Gasteiger partial charge < -0.3 is 5.73 Å². The second-order valence-electron chi connectivity index (χ2n) is 5.24. The Labute approximate surface area is 95.6 Å². The van der Waals surface area contributed by atoms with E-state index in [0.717, 1.165) is 5.56 Å². The Balaban J connectivity index is 2.54. The summed E-state index contributed by atoms with van der Waals surface area (Å²) in [4.78, 5) is 0. The third kappa shape index (κ3) is 1.81. The first kappa shape index (κ1) is 11.4. The maximum atomic E-state index is 11.5. The van der Waals surface area contributed by atoms with E-state index in [1.807, 2.05) is 20.8 Å². The van der Waals surface area contributed by atoms with Gasteiger partial charge in [0.15, 0.2) is 9.84 Å². The van der Waals surface area contributed by atoms with Gasteiger partial charge in [0.25, 0.3) is 0 Å². The average Bonchev–Trinajstić information content (AvgIpc) is 2.40. The fourth-order valence-corrected chi connectivity index (χ4v) is 3.26. The molecule has 0 bridgehead atoms. The minimum Gasteiger partial charge on any atom is -0.384 e. The zero-order chi connectivity index (χ0) is 12.1. The third-order valence-corrected chi connectivity index (χ3v) is 4.30. The highest BCUT2D eigenvalue weighted by Gasteiger charge is 2.29. The van der Waals surface area contributed by atoms with Crippen molar-refractivity contribution >= 4 is 15.7 Å². The molecule has 1 aromatic rings. The van der Waals surface area contributed by atoms with Gasteiger partial charge in [-0.05, 0) is 27.2 Å². The number of nitrogens with two attached hydrogens (primary N) is 1. The van der Waals surface area contributed by atoms with E-state index in [4.69, 9.17) is 5.73 Å². The maximum Gasteiger partial charge on any atom is 0.156 e. The molecule has 0 atom stereocenters. The topological polar surface area (TPSA) is 78.0 Å². The number of sulfone groups is 1. The van der Waals surface area contributed by atoms with Gasteiger partial charge in [0.2, 0.25) is 0 Å². The van der Waals surface area contributed by atoms with Crippen LogP contribution in [0.25, 0.3) is 0 Å². The predicted octanol–water partition coefficient (Wildman–Crippen LogP) is 0.691. The number of hydrogen-bond donors (Lipinski definition) is 1. The third-order valence-electron chi connectivity index (χ3n) is 2.76. The molecule has 5 nitrogen and oxygen atoms in total. The number of hydrogen-bond acceptors (Lipinski definition) is 4. The Kier molecular flexibility index (Phi) is 2.31. The van der Waals surface area contributed by atoms with Crippen LogP contribution in [0.4, 0.5) is 5.82 Å². The van der Waals surface area contributed by atoms with Gasteiger partial charge in [-0.25, -0.2) is 13.1 Å². The first-order chi connectivity index (χ1) is 7.21. The minimum atomic E-state index is -2.98. The summed E-state index contributed by atoms with van der Waals surface area (Å²) >= 11 is 0. The predicted molar refractivity (Wildman–Crippen MR) is 62.8 cm³/mol. The molecule has 0 aliphatic carbocycles. The van der Waals surface area contributed by atoms with Crippen LogP contribution in [0, 0.1) is 0 Å². The quantitative estimate of drug-likeness (QED) is 0.727. The fraction of sp³-hybridized carbons (Fsp3) is 0.700. The normalized spacial score (nSPS) is 19.4. The lowest BCUT2D eigenvalue weighted by atomic mass is 10.1. The van der Waals surface area contributed by atoms with Crippen molar-refractivity contribution in [2.24, 2.45) is 0 Å². The number of rotatable bonds is 0. The van der Waals surface area contributed by atoms with Gasteiger partial charge in [0.05, 0.1) is 22.7 Å². The van der Waals surface area contributed by atoms with E-state index in [0.29, 0.717) is 17.9 Å². The molecule has 2 N–H and O–H groups in total. The van der Waals surface area contributed by atoms with Crippen molar-refractivity contribution in [3.63, 3.8) is 0 Å². The van der Waals surface area contributed by atoms with Gasteiger partial charge in [-0.1, -0.05) is 0 Å². The van der Waals surface area contributed by atoms with Gasteiger partial charge in [-0.2, -0.15) is 5.10 Å². The Morgan fingerprint density at radius 2 is 2.00 bits per heavy atom. The molecular formula is C10H17N3O2S. The molecule has 1 aliphatic rings. The van der Waals surface area contributed by atoms with E-state index < -0.39 is 9.84 Å². The van der Waals surface area contributed by atoms with E-state index in [1.54, 1.807) is 4.68 Å². The molecule has 0 saturated carbocycles. The molecule has 2 rings (SSSR count). The zero-order valence-electron chi connectivity index (χ0n) is 9.82. The SMILES string of the molecule is CC(C)(C)n1nc2c(c1N)CCS(=O)(=O)C2. The second kappa shape index (κ2) is 3.23. The maximum absolute atomic E-state index is 11.5. The van der Waals surface area contributed by atoms with E-state index in [-0.39, 0.29) is 17.0 Å². The number of nitrogens with zero attached hydrogens (tertiary/aromatic N) is 2. The second-order valence-corrected chi connectivity index (χ2v) is 7.42. The molecule has 0 aromatic carbocycles. The molecule has 6 heteroatoms. The Hall–Kier alpha value is -1.04. The van der Waals surface area contributed by atoms with E-state index in [2.05, 4.69) is 5.10 Å². The smallest absolute Gasteiger partial charge is 0.156 e. The van der Waals surface area contributed by atoms with Crippen molar-refractivity contribution in [3.05, 3.63) is 11.3 Å². The van der Waals surface area contributed by atoms with Gasteiger partial charge in [-0.3, -0.25) is 0 Å². The summed E-state index contributed by atoms with van der Waals surface area (Å²) in [5, 5.41) is 4.33. The van der Waals surface area contributed by atoms with Gasteiger partial charge >= 0.3 is 0 Å². The fourth-order valence-electron chi connectivity index (χ4n) is 1.95. The first-order valence-corrected chi connectivity index (χ1v) is 7.10. The summed E-state index contributed by atoms with van der Waals surface area (Å²) < 4.78 is 24.7. The van der Waals surface area contributed by atoms with Crippen LogP contribution in [0.15, 0.2) is 0 Å². The molecular weight excluding hydrogens is 226 g/mol. The Morgan fingerprint density at radius 3 is 2.56 bits per heavy atom. The van der Waals surface area contributed by atoms with Gasteiger partial charge in [0, 0.05) is 5.56 Å². The molecule has 0 amide bonds. The minimum absolute atomic E-state index is 0.0234. The largest absolute Gasteiger partial charge is 0.384 e. The summed E-state index contributed by atoms with van der Waals surface area (Å²) in [6.07, 6.45) is 0.486. The van der Waals surface area contributed by atoms with Crippen molar-refractivity contribution in [1.82, 2.24) is 9.78 Å². The molecule has 0 saturated heterocycles. The molecule has 0 unspecified atom stereocenters. The van der Waals surface area contributed by atoms with Crippen LogP contribution < -0.4 is 5.73 Å². The van der Waals surface area contributed by atoms with Crippen LogP contribution in [0.5, 0.6) is 0 Å². The lowest BCUT2D eigenvalue weighted by molar-refractivity contribution is 0.359. The van der Waals surface area contributed by atoms with Crippen LogP contribution in [0.2, 0.25) is 0 Å². The lowest BCUT2D eigenvalue weighted by Crippen LogP contribution is -2.25. The van der Waals surface area contributed by atoms with Crippen LogP contribution in [0.1, 0.15) is 32.0 Å². The van der Waals surface area contributed by atoms with Crippen LogP contribution in [0.3, 0.4) is 0 Å². The van der Waals surface area contributed by atoms with Crippen LogP contribution in [-0.2, 0) is 27.5 Å². The number of aromatic nitrogens is 2. The number of fused-ring (bicyclic) bond motifs is 1. The first-order valence-electron chi connectivity index (χ1n) is 5.28. The molecule has 1 aliphatic heterocycles. The van der Waals surface area contributed by atoms with Crippen LogP contribution in [-0.4, -0.2) is 24.0 Å². The summed E-state index contributed by atoms with van der Waals surface area (Å²) in [6.45, 7) is 5.99. The highest BCUT2D eigenvalue weighted by Crippen LogP contribution is 2.29. The molecule has 0 radical (unpaired) electrons. The standard InChI is InChI=1S/C10H17N3O2S/c1-10(2,3)13-9(11)7-4-5-16(14,15)6-8(7)12-13/h4-6,11H2,1-3H3. The van der Waals surface area contributed by atoms with Gasteiger partial charge in [0.1, 0.15) is 5.82 Å². The molecule has 16 heavy (non-hydrogen) atoms. The number of anilines is 1. The molecule has 2 heterocycles. The van der Waals surface area contributed by atoms with Crippen molar-refractivity contribution in [2.75, 3.05) is 11.5 Å². The lowest BCUT2D eigenvalue weighted by Gasteiger charge is -2.20.